The van der Waals surface area contributed by atoms with Gasteiger partial charge in [-0.2, -0.15) is 22.7 Å². The van der Waals surface area contributed by atoms with Crippen LogP contribution in [0, 0.1) is 0 Å². The first-order valence-electron chi connectivity index (χ1n) is 11.4. The summed E-state index contributed by atoms with van der Waals surface area (Å²) in [5, 5.41) is 9.51. The maximum absolute atomic E-state index is 13.3. The van der Waals surface area contributed by atoms with Gasteiger partial charge in [-0.25, -0.2) is 14.6 Å². The van der Waals surface area contributed by atoms with Gasteiger partial charge in [0.25, 0.3) is 0 Å². The Balaban J connectivity index is 1.63. The molecule has 2 atom stereocenters. The number of hydroxylamine groups is 2. The fourth-order valence-electron chi connectivity index (χ4n) is 4.09. The van der Waals surface area contributed by atoms with Crippen LogP contribution in [-0.2, 0) is 26.4 Å². The summed E-state index contributed by atoms with van der Waals surface area (Å²) >= 11 is 0. The van der Waals surface area contributed by atoms with Gasteiger partial charge in [0.15, 0.2) is 0 Å². The summed E-state index contributed by atoms with van der Waals surface area (Å²) in [6.07, 6.45) is 0.720. The number of aromatic nitrogens is 2. The second kappa shape index (κ2) is 9.69. The topological polar surface area (TPSA) is 138 Å². The van der Waals surface area contributed by atoms with Gasteiger partial charge in [-0.3, -0.25) is 4.84 Å². The van der Waals surface area contributed by atoms with Gasteiger partial charge in [-0.05, 0) is 26.3 Å². The van der Waals surface area contributed by atoms with E-state index in [0.717, 1.165) is 9.65 Å². The predicted molar refractivity (Wildman–Crippen MR) is 128 cm³/mol. The molecule has 0 spiro atoms. The Bertz CT molecular complexity index is 1230. The molecule has 1 fully saturated rings. The molecule has 13 nitrogen and oxygen atoms in total. The van der Waals surface area contributed by atoms with Gasteiger partial charge >= 0.3 is 22.3 Å². The lowest BCUT2D eigenvalue weighted by Crippen LogP contribution is -2.43. The second-order valence-corrected chi connectivity index (χ2v) is 11.3. The third-order valence-corrected chi connectivity index (χ3v) is 6.76. The zero-order chi connectivity index (χ0) is 26.3. The summed E-state index contributed by atoms with van der Waals surface area (Å²) in [5.74, 6) is 0. The van der Waals surface area contributed by atoms with Gasteiger partial charge < -0.3 is 15.0 Å². The van der Waals surface area contributed by atoms with Crippen LogP contribution in [-0.4, -0.2) is 77.5 Å². The normalized spacial score (nSPS) is 19.6. The summed E-state index contributed by atoms with van der Waals surface area (Å²) in [6, 6.07) is 7.69. The average molecular weight is 522 g/mol. The Labute approximate surface area is 210 Å². The van der Waals surface area contributed by atoms with Gasteiger partial charge in [-0.1, -0.05) is 30.3 Å². The molecule has 14 heteroatoms. The number of fused-ring (bicyclic) bond motifs is 4. The van der Waals surface area contributed by atoms with Gasteiger partial charge in [0.1, 0.15) is 18.2 Å². The lowest BCUT2D eigenvalue weighted by molar-refractivity contribution is -0.141. The molecule has 2 aromatic rings. The Morgan fingerprint density at radius 3 is 2.56 bits per heavy atom. The molecule has 0 saturated carbocycles. The SMILES string of the molecule is CN(C)NS(=O)(=O)n1cc2c(n1)C(CNC(=O)OC(C)(C)C)N1C[C@H]2N(OCc2ccccc2)C1=O. The minimum absolute atomic E-state index is 0.0227. The quantitative estimate of drug-likeness (QED) is 0.499. The van der Waals surface area contributed by atoms with E-state index in [1.54, 1.807) is 34.9 Å². The molecule has 36 heavy (non-hydrogen) atoms. The van der Waals surface area contributed by atoms with E-state index in [0.29, 0.717) is 11.3 Å². The van der Waals surface area contributed by atoms with Crippen LogP contribution in [0.25, 0.3) is 0 Å². The maximum Gasteiger partial charge on any atom is 0.407 e. The molecule has 0 aliphatic carbocycles. The Morgan fingerprint density at radius 2 is 1.92 bits per heavy atom. The van der Waals surface area contributed by atoms with E-state index in [9.17, 15) is 18.0 Å². The van der Waals surface area contributed by atoms with Crippen molar-refractivity contribution in [2.75, 3.05) is 27.2 Å². The first-order chi connectivity index (χ1) is 16.9. The fourth-order valence-corrected chi connectivity index (χ4v) is 5.08. The first-order valence-corrected chi connectivity index (χ1v) is 12.8. The number of alkyl carbamates (subject to hydrolysis) is 1. The molecule has 2 N–H and O–H groups in total. The molecule has 1 aromatic carbocycles. The van der Waals surface area contributed by atoms with Crippen molar-refractivity contribution >= 4 is 22.3 Å². The number of nitrogens with zero attached hydrogens (tertiary/aromatic N) is 5. The van der Waals surface area contributed by atoms with E-state index >= 15 is 0 Å². The molecule has 3 amide bonds. The molecule has 1 saturated heterocycles. The van der Waals surface area contributed by atoms with Crippen LogP contribution >= 0.6 is 0 Å². The number of urea groups is 1. The third kappa shape index (κ3) is 5.46. The highest BCUT2D eigenvalue weighted by Crippen LogP contribution is 2.43. The summed E-state index contributed by atoms with van der Waals surface area (Å²) in [5.41, 5.74) is 1.04. The molecule has 2 bridgehead atoms. The van der Waals surface area contributed by atoms with E-state index in [1.807, 2.05) is 30.3 Å². The number of hydrogen-bond acceptors (Lipinski definition) is 8. The van der Waals surface area contributed by atoms with Gasteiger partial charge in [-0.15, -0.1) is 4.83 Å². The lowest BCUT2D eigenvalue weighted by atomic mass is 9.98. The van der Waals surface area contributed by atoms with Crippen LogP contribution in [0.4, 0.5) is 9.59 Å². The van der Waals surface area contributed by atoms with E-state index in [1.165, 1.54) is 21.2 Å². The molecule has 2 aliphatic heterocycles. The van der Waals surface area contributed by atoms with Crippen LogP contribution in [0.5, 0.6) is 0 Å². The van der Waals surface area contributed by atoms with Gasteiger partial charge in [0, 0.05) is 32.4 Å². The van der Waals surface area contributed by atoms with Crippen LogP contribution in [0.3, 0.4) is 0 Å². The predicted octanol–water partition coefficient (Wildman–Crippen LogP) is 1.53. The monoisotopic (exact) mass is 521 g/mol. The number of hydrazine groups is 1. The maximum atomic E-state index is 13.3. The summed E-state index contributed by atoms with van der Waals surface area (Å²) in [7, 11) is -0.945. The van der Waals surface area contributed by atoms with Crippen molar-refractivity contribution in [3.8, 4) is 0 Å². The number of benzene rings is 1. The van der Waals surface area contributed by atoms with Crippen LogP contribution in [0.2, 0.25) is 0 Å². The van der Waals surface area contributed by atoms with Gasteiger partial charge in [0.05, 0.1) is 18.3 Å². The smallest absolute Gasteiger partial charge is 0.407 e. The molecule has 0 radical (unpaired) electrons. The number of carbonyl (C=O) groups excluding carboxylic acids is 2. The second-order valence-electron chi connectivity index (χ2n) is 9.77. The van der Waals surface area contributed by atoms with Crippen LogP contribution in [0.15, 0.2) is 36.5 Å². The summed E-state index contributed by atoms with van der Waals surface area (Å²) in [6.45, 7) is 5.60. The van der Waals surface area contributed by atoms with Crippen molar-refractivity contribution in [3.05, 3.63) is 53.3 Å². The lowest BCUT2D eigenvalue weighted by Gasteiger charge is -2.30. The van der Waals surface area contributed by atoms with E-state index < -0.39 is 40.0 Å². The highest BCUT2D eigenvalue weighted by atomic mass is 32.2. The van der Waals surface area contributed by atoms with Crippen LogP contribution in [0.1, 0.15) is 49.7 Å². The molecular weight excluding hydrogens is 490 g/mol. The summed E-state index contributed by atoms with van der Waals surface area (Å²) in [4.78, 5) is 35.3. The molecule has 196 valence electrons. The number of nitrogens with one attached hydrogen (secondary N) is 2. The average Bonchev–Trinajstić information content (AvgIpc) is 3.33. The first kappa shape index (κ1) is 25.9. The fraction of sp³-hybridized carbons (Fsp3) is 0.500. The Hall–Kier alpha value is -3.20. The van der Waals surface area contributed by atoms with Crippen molar-refractivity contribution in [3.63, 3.8) is 0 Å². The molecule has 4 rings (SSSR count). The number of amides is 3. The zero-order valence-corrected chi connectivity index (χ0v) is 21.7. The van der Waals surface area contributed by atoms with Crippen molar-refractivity contribution in [2.24, 2.45) is 0 Å². The number of hydrogen-bond donors (Lipinski definition) is 2. The molecule has 2 aliphatic rings. The number of carbonyl (C=O) groups is 2. The molecular formula is C22H31N7O6S. The van der Waals surface area contributed by atoms with E-state index in [-0.39, 0.29) is 19.7 Å². The van der Waals surface area contributed by atoms with Crippen molar-refractivity contribution in [1.29, 1.82) is 0 Å². The van der Waals surface area contributed by atoms with E-state index in [4.69, 9.17) is 9.57 Å². The number of rotatable bonds is 8. The zero-order valence-electron chi connectivity index (χ0n) is 20.8. The summed E-state index contributed by atoms with van der Waals surface area (Å²) < 4.78 is 31.7. The van der Waals surface area contributed by atoms with E-state index in [2.05, 4.69) is 15.2 Å². The van der Waals surface area contributed by atoms with Crippen molar-refractivity contribution < 1.29 is 27.6 Å². The molecule has 1 aromatic heterocycles. The highest BCUT2D eigenvalue weighted by Gasteiger charge is 2.51. The Kier molecular flexibility index (Phi) is 6.96. The van der Waals surface area contributed by atoms with Crippen molar-refractivity contribution in [2.45, 2.75) is 45.1 Å². The number of ether oxygens (including phenoxy) is 1. The molecule has 3 heterocycles. The largest absolute Gasteiger partial charge is 0.444 e. The minimum atomic E-state index is -4.03. The highest BCUT2D eigenvalue weighted by molar-refractivity contribution is 7.87. The van der Waals surface area contributed by atoms with Crippen molar-refractivity contribution in [1.82, 2.24) is 34.3 Å². The molecule has 1 unspecified atom stereocenters. The minimum Gasteiger partial charge on any atom is -0.444 e. The van der Waals surface area contributed by atoms with Gasteiger partial charge in [0.2, 0.25) is 0 Å². The Morgan fingerprint density at radius 1 is 1.22 bits per heavy atom. The van der Waals surface area contributed by atoms with Crippen LogP contribution < -0.4 is 10.1 Å². The third-order valence-electron chi connectivity index (χ3n) is 5.49. The standard InChI is InChI=1S/C22H31N7O6S/c1-22(2,3)35-20(30)23-11-17-19-16(12-28(24-19)36(32,33)25-26(4)5)18-13-27(17)21(31)29(18)34-14-15-9-7-6-8-10-15/h6-10,12,17-18,25H,11,13-14H2,1-5H3,(H,23,30)/t17?,18-/m1/s1.